The number of carbonyl (C=O) groups excluding carboxylic acids is 2. The lowest BCUT2D eigenvalue weighted by atomic mass is 9.36. The maximum Gasteiger partial charge on any atom is 0.303 e. The molecule has 5 rings (SSSR count). The molecule has 0 unspecified atom stereocenters. The number of ether oxygens (including phenoxy) is 1. The van der Waals surface area contributed by atoms with Crippen molar-refractivity contribution in [1.82, 2.24) is 4.72 Å². The molecule has 11 heteroatoms. The van der Waals surface area contributed by atoms with Crippen molar-refractivity contribution < 1.29 is 41.7 Å². The fraction of sp³-hybridized carbons (Fsp3) is 0.676. The first kappa shape index (κ1) is 36.6. The molecule has 4 fully saturated rings. The van der Waals surface area contributed by atoms with Crippen LogP contribution in [0.5, 0.6) is 0 Å². The average Bonchev–Trinajstić information content (AvgIpc) is 3.25. The molecule has 0 heterocycles. The summed E-state index contributed by atoms with van der Waals surface area (Å²) < 4.78 is 62.3. The zero-order valence-corrected chi connectivity index (χ0v) is 29.9. The maximum absolute atomic E-state index is 14.1. The van der Waals surface area contributed by atoms with Gasteiger partial charge in [0.1, 0.15) is 6.10 Å². The number of amides is 1. The molecule has 1 amide bonds. The third-order valence-electron chi connectivity index (χ3n) is 13.0. The summed E-state index contributed by atoms with van der Waals surface area (Å²) in [5.74, 6) is -4.21. The zero-order valence-electron chi connectivity index (χ0n) is 29.1. The van der Waals surface area contributed by atoms with Gasteiger partial charge in [0.25, 0.3) is 15.9 Å². The number of halogens is 2. The number of benzene rings is 1. The molecule has 10 atom stereocenters. The van der Waals surface area contributed by atoms with E-state index in [2.05, 4.69) is 32.4 Å². The Morgan fingerprint density at radius 3 is 2.33 bits per heavy atom. The second-order valence-corrected chi connectivity index (χ2v) is 17.5. The van der Waals surface area contributed by atoms with Gasteiger partial charge in [0.15, 0.2) is 11.6 Å². The smallest absolute Gasteiger partial charge is 0.303 e. The molecule has 4 saturated carbocycles. The Morgan fingerprint density at radius 2 is 1.71 bits per heavy atom. The monoisotopic (exact) mass is 691 g/mol. The van der Waals surface area contributed by atoms with Crippen LogP contribution in [0.2, 0.25) is 0 Å². The summed E-state index contributed by atoms with van der Waals surface area (Å²) in [6, 6.07) is 2.10. The third kappa shape index (κ3) is 6.06. The molecule has 0 spiro atoms. The number of carbonyl (C=O) groups is 2. The Balaban J connectivity index is 1.63. The lowest BCUT2D eigenvalue weighted by molar-refractivity contribution is -0.234. The van der Waals surface area contributed by atoms with Crippen molar-refractivity contribution in [2.45, 2.75) is 123 Å². The lowest BCUT2D eigenvalue weighted by Gasteiger charge is -2.69. The molecule has 0 bridgehead atoms. The molecule has 1 aromatic rings. The van der Waals surface area contributed by atoms with E-state index in [0.29, 0.717) is 43.4 Å². The Morgan fingerprint density at radius 1 is 1.02 bits per heavy atom. The number of hydrogen-bond donors (Lipinski definition) is 3. The van der Waals surface area contributed by atoms with Crippen LogP contribution in [-0.4, -0.2) is 48.8 Å². The van der Waals surface area contributed by atoms with Crippen molar-refractivity contribution >= 4 is 21.9 Å². The summed E-state index contributed by atoms with van der Waals surface area (Å²) >= 11 is 0. The van der Waals surface area contributed by atoms with Crippen molar-refractivity contribution in [3.8, 4) is 0 Å². The predicted molar refractivity (Wildman–Crippen MR) is 177 cm³/mol. The summed E-state index contributed by atoms with van der Waals surface area (Å²) in [4.78, 5) is 26.1. The molecule has 0 radical (unpaired) electrons. The fourth-order valence-corrected chi connectivity index (χ4v) is 11.7. The lowest BCUT2D eigenvalue weighted by Crippen LogP contribution is -2.65. The van der Waals surface area contributed by atoms with Gasteiger partial charge in [0.05, 0.1) is 17.1 Å². The summed E-state index contributed by atoms with van der Waals surface area (Å²) in [6.07, 6.45) is 4.32. The van der Waals surface area contributed by atoms with E-state index in [1.165, 1.54) is 6.92 Å². The molecular weight excluding hydrogens is 640 g/mol. The largest absolute Gasteiger partial charge is 0.458 e. The van der Waals surface area contributed by atoms with Gasteiger partial charge < -0.3 is 14.9 Å². The van der Waals surface area contributed by atoms with Crippen LogP contribution in [0.25, 0.3) is 0 Å². The third-order valence-corrected chi connectivity index (χ3v) is 14.3. The standard InChI is InChI=1S/C37H51F2NO7S/c1-20(2)9-8-10-24(34(44)40-48(45,46)23-11-12-27(38)28(39)17-23)32-26-18-30(43)33-35(5)15-14-29(42)21(3)25(35)13-16-36(33,6)37(26,7)19-31(32)47-22(4)41/h9,11-12,17,21,25-26,29-31,33,42-43H,8,10,13-16,18-19H2,1-7H3,(H,40,44)/b32-24-/t21-,25-,26-,29+,30+,31-,33-,35-,36-,37-/m0/s1. The number of aliphatic hydroxyl groups excluding tert-OH is 2. The van der Waals surface area contributed by atoms with Crippen LogP contribution in [-0.2, 0) is 24.3 Å². The summed E-state index contributed by atoms with van der Waals surface area (Å²) in [5, 5.41) is 22.9. The van der Waals surface area contributed by atoms with Gasteiger partial charge in [-0.3, -0.25) is 9.59 Å². The highest BCUT2D eigenvalue weighted by molar-refractivity contribution is 7.90. The number of fused-ring (bicyclic) bond motifs is 5. The van der Waals surface area contributed by atoms with Crippen LogP contribution in [0.3, 0.4) is 0 Å². The van der Waals surface area contributed by atoms with E-state index in [4.69, 9.17) is 4.74 Å². The number of rotatable bonds is 7. The second kappa shape index (κ2) is 12.9. The van der Waals surface area contributed by atoms with E-state index in [-0.39, 0.29) is 41.3 Å². The van der Waals surface area contributed by atoms with Crippen molar-refractivity contribution in [2.75, 3.05) is 0 Å². The molecular formula is C37H51F2NO7S. The van der Waals surface area contributed by atoms with E-state index in [1.54, 1.807) is 0 Å². The SMILES string of the molecule is CC(=O)O[C@H]1C[C@@]2(C)[C@@H](C[C@@H](O)[C@H]3[C@@]4(C)CC[C@@H](O)[C@@H](C)[C@@H]4CC[C@@]32C)/C1=C(\CCC=C(C)C)C(=O)NS(=O)(=O)c1ccc(F)c(F)c1. The first-order chi connectivity index (χ1) is 22.3. The quantitative estimate of drug-likeness (QED) is 0.172. The minimum absolute atomic E-state index is 0.0979. The van der Waals surface area contributed by atoms with Gasteiger partial charge in [0.2, 0.25) is 0 Å². The van der Waals surface area contributed by atoms with Crippen molar-refractivity contribution in [3.05, 3.63) is 52.6 Å². The van der Waals surface area contributed by atoms with Gasteiger partial charge in [-0.25, -0.2) is 21.9 Å². The highest BCUT2D eigenvalue weighted by Gasteiger charge is 2.70. The minimum atomic E-state index is -4.61. The van der Waals surface area contributed by atoms with Gasteiger partial charge in [0, 0.05) is 12.5 Å². The molecule has 1 aromatic carbocycles. The maximum atomic E-state index is 14.1. The van der Waals surface area contributed by atoms with E-state index in [1.807, 2.05) is 19.9 Å². The van der Waals surface area contributed by atoms with Gasteiger partial charge in [-0.2, -0.15) is 0 Å². The molecule has 0 aliphatic heterocycles. The molecule has 0 aromatic heterocycles. The summed E-state index contributed by atoms with van der Waals surface area (Å²) in [6.45, 7) is 13.9. The number of allylic oxidation sites excluding steroid dienone is 2. The number of esters is 1. The van der Waals surface area contributed by atoms with Crippen LogP contribution in [0.15, 0.2) is 45.9 Å². The molecule has 48 heavy (non-hydrogen) atoms. The molecule has 0 saturated heterocycles. The molecule has 266 valence electrons. The van der Waals surface area contributed by atoms with Crippen LogP contribution in [0.1, 0.15) is 99.8 Å². The second-order valence-electron chi connectivity index (χ2n) is 15.9. The highest BCUT2D eigenvalue weighted by atomic mass is 32.2. The summed E-state index contributed by atoms with van der Waals surface area (Å²) in [7, 11) is -4.61. The van der Waals surface area contributed by atoms with Crippen LogP contribution in [0.4, 0.5) is 8.78 Å². The van der Waals surface area contributed by atoms with Gasteiger partial charge in [-0.1, -0.05) is 39.3 Å². The first-order valence-corrected chi connectivity index (χ1v) is 18.7. The Kier molecular flexibility index (Phi) is 9.86. The molecule has 4 aliphatic carbocycles. The molecule has 3 N–H and O–H groups in total. The van der Waals surface area contributed by atoms with Gasteiger partial charge in [-0.05, 0) is 129 Å². The van der Waals surface area contributed by atoms with E-state index in [0.717, 1.165) is 30.9 Å². The first-order valence-electron chi connectivity index (χ1n) is 17.2. The minimum Gasteiger partial charge on any atom is -0.458 e. The van der Waals surface area contributed by atoms with Crippen molar-refractivity contribution in [1.29, 1.82) is 0 Å². The fourth-order valence-electron chi connectivity index (χ4n) is 10.7. The average molecular weight is 692 g/mol. The van der Waals surface area contributed by atoms with Crippen molar-refractivity contribution in [2.24, 2.45) is 39.9 Å². The van der Waals surface area contributed by atoms with Crippen LogP contribution < -0.4 is 4.72 Å². The van der Waals surface area contributed by atoms with E-state index in [9.17, 15) is 37.0 Å². The van der Waals surface area contributed by atoms with E-state index >= 15 is 0 Å². The van der Waals surface area contributed by atoms with Gasteiger partial charge >= 0.3 is 5.97 Å². The normalized spacial score (nSPS) is 38.6. The topological polar surface area (TPSA) is 130 Å². The molecule has 4 aliphatic rings. The number of nitrogens with one attached hydrogen (secondary N) is 1. The predicted octanol–water partition coefficient (Wildman–Crippen LogP) is 6.36. The summed E-state index contributed by atoms with van der Waals surface area (Å²) in [5.41, 5.74) is 0.489. The van der Waals surface area contributed by atoms with E-state index < -0.39 is 67.4 Å². The Hall–Kier alpha value is -2.63. The highest BCUT2D eigenvalue weighted by Crippen LogP contribution is 2.74. The van der Waals surface area contributed by atoms with Crippen molar-refractivity contribution in [3.63, 3.8) is 0 Å². The molecule has 8 nitrogen and oxygen atoms in total. The Bertz CT molecular complexity index is 1640. The number of sulfonamides is 1. The van der Waals surface area contributed by atoms with Crippen LogP contribution >= 0.6 is 0 Å². The van der Waals surface area contributed by atoms with Gasteiger partial charge in [-0.15, -0.1) is 0 Å². The van der Waals surface area contributed by atoms with Crippen LogP contribution in [0, 0.1) is 51.6 Å². The number of aliphatic hydroxyl groups is 2. The Labute approximate surface area is 283 Å². The number of hydrogen-bond acceptors (Lipinski definition) is 7. The zero-order chi connectivity index (χ0) is 35.6.